The molecule has 11 rings (SSSR count). The lowest BCUT2D eigenvalue weighted by Gasteiger charge is -2.28. The summed E-state index contributed by atoms with van der Waals surface area (Å²) in [4.78, 5) is 36.3. The van der Waals surface area contributed by atoms with Crippen LogP contribution in [0.4, 0.5) is 11.6 Å². The highest BCUT2D eigenvalue weighted by Crippen LogP contribution is 2.53. The van der Waals surface area contributed by atoms with Crippen LogP contribution in [0.15, 0.2) is 176 Å². The third-order valence-corrected chi connectivity index (χ3v) is 10.6. The number of anilines is 2. The lowest BCUT2D eigenvalue weighted by molar-refractivity contribution is 0.729. The normalized spacial score (nSPS) is 15.9. The minimum atomic E-state index is -0.145. The van der Waals surface area contributed by atoms with Crippen molar-refractivity contribution in [3.8, 4) is 39.9 Å². The summed E-state index contributed by atoms with van der Waals surface area (Å²) in [5, 5.41) is 2.20. The number of benzene rings is 5. The summed E-state index contributed by atoms with van der Waals surface area (Å²) in [7, 11) is 0. The van der Waals surface area contributed by atoms with Crippen molar-refractivity contribution in [3.63, 3.8) is 0 Å². The topological polar surface area (TPSA) is 98.4 Å². The van der Waals surface area contributed by atoms with Gasteiger partial charge in [0, 0.05) is 69.4 Å². The molecule has 4 aromatic heterocycles. The van der Waals surface area contributed by atoms with E-state index in [0.29, 0.717) is 29.2 Å². The molecule has 0 spiro atoms. The quantitative estimate of drug-likeness (QED) is 0.167. The van der Waals surface area contributed by atoms with Gasteiger partial charge in [-0.3, -0.25) is 0 Å². The number of allylic oxidation sites excluding steroid dienone is 2. The van der Waals surface area contributed by atoms with Gasteiger partial charge in [-0.1, -0.05) is 109 Å². The molecule has 56 heavy (non-hydrogen) atoms. The van der Waals surface area contributed by atoms with E-state index in [9.17, 15) is 0 Å². The maximum Gasteiger partial charge on any atom is 0.234 e. The van der Waals surface area contributed by atoms with Crippen molar-refractivity contribution in [1.82, 2.24) is 39.5 Å². The molecule has 0 saturated heterocycles. The molecular formula is C47H31N9. The average Bonchev–Trinajstić information content (AvgIpc) is 3.80. The molecule has 1 aliphatic carbocycles. The van der Waals surface area contributed by atoms with Crippen LogP contribution in [0.5, 0.6) is 0 Å². The van der Waals surface area contributed by atoms with Gasteiger partial charge in [-0.2, -0.15) is 9.97 Å². The number of aromatic nitrogens is 8. The molecule has 0 fully saturated rings. The Kier molecular flexibility index (Phi) is 7.41. The Hall–Kier alpha value is -7.65. The molecule has 264 valence electrons. The van der Waals surface area contributed by atoms with E-state index < -0.39 is 0 Å². The second-order valence-electron chi connectivity index (χ2n) is 13.8. The highest BCUT2D eigenvalue weighted by molar-refractivity contribution is 6.16. The van der Waals surface area contributed by atoms with Crippen molar-refractivity contribution in [3.05, 3.63) is 188 Å². The Bertz CT molecular complexity index is 2910. The first kappa shape index (κ1) is 31.8. The van der Waals surface area contributed by atoms with E-state index in [1.807, 2.05) is 72.8 Å². The van der Waals surface area contributed by atoms with E-state index in [1.54, 1.807) is 24.8 Å². The third kappa shape index (κ3) is 5.20. The highest BCUT2D eigenvalue weighted by atomic mass is 15.3. The molecular weight excluding hydrogens is 691 g/mol. The largest absolute Gasteiger partial charge is 0.307 e. The summed E-state index contributed by atoms with van der Waals surface area (Å²) < 4.78 is 2.37. The van der Waals surface area contributed by atoms with E-state index in [0.717, 1.165) is 61.0 Å². The number of fused-ring (bicyclic) bond motifs is 7. The minimum Gasteiger partial charge on any atom is -0.307 e. The Morgan fingerprint density at radius 3 is 1.79 bits per heavy atom. The molecule has 2 aliphatic rings. The Morgan fingerprint density at radius 1 is 0.500 bits per heavy atom. The van der Waals surface area contributed by atoms with Gasteiger partial charge in [0.25, 0.3) is 0 Å². The van der Waals surface area contributed by atoms with Gasteiger partial charge in [0.05, 0.1) is 22.8 Å². The van der Waals surface area contributed by atoms with Gasteiger partial charge in [-0.25, -0.2) is 24.9 Å². The maximum atomic E-state index is 5.29. The smallest absolute Gasteiger partial charge is 0.234 e. The number of rotatable bonds is 6. The molecule has 0 N–H and O–H groups in total. The van der Waals surface area contributed by atoms with E-state index in [2.05, 4.69) is 108 Å². The Morgan fingerprint density at radius 2 is 1.12 bits per heavy atom. The molecule has 0 amide bonds. The van der Waals surface area contributed by atoms with Crippen molar-refractivity contribution >= 4 is 39.0 Å². The van der Waals surface area contributed by atoms with Crippen LogP contribution < -0.4 is 4.90 Å². The molecule has 1 aliphatic heterocycles. The number of hydrogen-bond acceptors (Lipinski definition) is 8. The zero-order valence-corrected chi connectivity index (χ0v) is 29.9. The first-order chi connectivity index (χ1) is 27.8. The van der Waals surface area contributed by atoms with Gasteiger partial charge in [0.1, 0.15) is 0 Å². The van der Waals surface area contributed by atoms with Crippen LogP contribution in [0.2, 0.25) is 0 Å². The average molecular weight is 722 g/mol. The van der Waals surface area contributed by atoms with Crippen LogP contribution in [0.1, 0.15) is 17.3 Å². The van der Waals surface area contributed by atoms with Gasteiger partial charge >= 0.3 is 0 Å². The SMILES string of the molecule is C1=CC2C(C=C1c1ncccn1)c1ccc3c4cc(-c5ncccn5)ccc4n(-c4ccccc4)c3c1N2c1nc(-c2ccccc2)nc(-c2ccccc2)n1. The molecule has 5 heterocycles. The lowest BCUT2D eigenvalue weighted by atomic mass is 9.88. The Labute approximate surface area is 322 Å². The first-order valence-electron chi connectivity index (χ1n) is 18.6. The van der Waals surface area contributed by atoms with Gasteiger partial charge in [0.15, 0.2) is 23.3 Å². The Balaban J connectivity index is 1.23. The fourth-order valence-electron chi connectivity index (χ4n) is 8.14. The van der Waals surface area contributed by atoms with E-state index in [4.69, 9.17) is 15.0 Å². The monoisotopic (exact) mass is 721 g/mol. The predicted molar refractivity (Wildman–Crippen MR) is 220 cm³/mol. The van der Waals surface area contributed by atoms with E-state index in [1.165, 1.54) is 0 Å². The van der Waals surface area contributed by atoms with Crippen molar-refractivity contribution in [2.75, 3.05) is 4.90 Å². The molecule has 0 radical (unpaired) electrons. The van der Waals surface area contributed by atoms with Crippen LogP contribution in [-0.4, -0.2) is 45.5 Å². The molecule has 0 saturated carbocycles. The summed E-state index contributed by atoms with van der Waals surface area (Å²) in [5.41, 5.74) is 9.14. The summed E-state index contributed by atoms with van der Waals surface area (Å²) in [5.74, 6) is 3.11. The second-order valence-corrected chi connectivity index (χ2v) is 13.8. The maximum absolute atomic E-state index is 5.29. The fourth-order valence-corrected chi connectivity index (χ4v) is 8.14. The zero-order chi connectivity index (χ0) is 37.0. The third-order valence-electron chi connectivity index (χ3n) is 10.6. The highest BCUT2D eigenvalue weighted by Gasteiger charge is 2.42. The van der Waals surface area contributed by atoms with E-state index in [-0.39, 0.29) is 12.0 Å². The standard InChI is InChI=1S/C47H31N9/c1-4-12-30(13-5-1)45-52-46(31-14-6-2-7-15-31)54-47(53-45)56-40-23-19-33(44-50-26-11-27-51-44)29-38(40)36-21-20-35-37-28-32(43-48-24-10-25-49-43)18-22-39(37)55(41(35)42(36)56)34-16-8-3-9-17-34/h1-29,38,40H. The molecule has 9 nitrogen and oxygen atoms in total. The zero-order valence-electron chi connectivity index (χ0n) is 29.9. The summed E-state index contributed by atoms with van der Waals surface area (Å²) in [6, 6.07) is 45.4. The van der Waals surface area contributed by atoms with Crippen LogP contribution in [0.25, 0.3) is 67.2 Å². The van der Waals surface area contributed by atoms with Crippen LogP contribution in [0, 0.1) is 0 Å². The van der Waals surface area contributed by atoms with Crippen molar-refractivity contribution < 1.29 is 0 Å². The number of nitrogens with zero attached hydrogens (tertiary/aromatic N) is 9. The van der Waals surface area contributed by atoms with Crippen LogP contribution in [-0.2, 0) is 0 Å². The number of hydrogen-bond donors (Lipinski definition) is 0. The van der Waals surface area contributed by atoms with Crippen molar-refractivity contribution in [2.45, 2.75) is 12.0 Å². The van der Waals surface area contributed by atoms with Gasteiger partial charge in [-0.15, -0.1) is 0 Å². The molecule has 9 aromatic rings. The summed E-state index contributed by atoms with van der Waals surface area (Å²) >= 11 is 0. The molecule has 5 aromatic carbocycles. The van der Waals surface area contributed by atoms with Crippen LogP contribution >= 0.6 is 0 Å². The molecule has 0 bridgehead atoms. The number of para-hydroxylation sites is 1. The lowest BCUT2D eigenvalue weighted by Crippen LogP contribution is -2.31. The summed E-state index contributed by atoms with van der Waals surface area (Å²) in [6.07, 6.45) is 13.8. The van der Waals surface area contributed by atoms with Gasteiger partial charge in [-0.05, 0) is 48.0 Å². The van der Waals surface area contributed by atoms with Crippen molar-refractivity contribution in [1.29, 1.82) is 0 Å². The minimum absolute atomic E-state index is 0.0502. The molecule has 2 unspecified atom stereocenters. The second kappa shape index (κ2) is 13.0. The first-order valence-corrected chi connectivity index (χ1v) is 18.6. The molecule has 2 atom stereocenters. The molecule has 9 heteroatoms. The predicted octanol–water partition coefficient (Wildman–Crippen LogP) is 9.81. The van der Waals surface area contributed by atoms with Gasteiger partial charge in [0.2, 0.25) is 5.95 Å². The van der Waals surface area contributed by atoms with E-state index >= 15 is 0 Å². The van der Waals surface area contributed by atoms with Gasteiger partial charge < -0.3 is 9.47 Å². The van der Waals surface area contributed by atoms with Crippen LogP contribution in [0.3, 0.4) is 0 Å². The fraction of sp³-hybridized carbons (Fsp3) is 0.0426. The van der Waals surface area contributed by atoms with Crippen molar-refractivity contribution in [2.24, 2.45) is 0 Å². The summed E-state index contributed by atoms with van der Waals surface area (Å²) in [6.45, 7) is 0.